The fourth-order valence-electron chi connectivity index (χ4n) is 3.95. The maximum atomic E-state index is 3.64. The Morgan fingerprint density at radius 1 is 1.05 bits per heavy atom. The molecule has 120 valence electrons. The lowest BCUT2D eigenvalue weighted by atomic mass is 9.84. The normalized spacial score (nSPS) is 18.6. The number of nitrogens with one attached hydrogen (secondary N) is 1. The van der Waals surface area contributed by atoms with Crippen LogP contribution < -0.4 is 5.32 Å². The molecule has 1 N–H and O–H groups in total. The summed E-state index contributed by atoms with van der Waals surface area (Å²) >= 11 is 0. The van der Waals surface area contributed by atoms with E-state index in [0.29, 0.717) is 5.41 Å². The van der Waals surface area contributed by atoms with Crippen molar-refractivity contribution in [3.63, 3.8) is 0 Å². The van der Waals surface area contributed by atoms with E-state index >= 15 is 0 Å². The number of rotatable bonds is 10. The van der Waals surface area contributed by atoms with Crippen molar-refractivity contribution in [1.82, 2.24) is 10.2 Å². The minimum absolute atomic E-state index is 0.549. The summed E-state index contributed by atoms with van der Waals surface area (Å²) in [4.78, 5) is 2.81. The molecule has 0 unspecified atom stereocenters. The van der Waals surface area contributed by atoms with Gasteiger partial charge in [0, 0.05) is 25.7 Å². The maximum Gasteiger partial charge on any atom is 0.00903 e. The van der Waals surface area contributed by atoms with Crippen molar-refractivity contribution < 1.29 is 0 Å². The minimum atomic E-state index is 0.549. The van der Waals surface area contributed by atoms with E-state index in [1.807, 2.05) is 0 Å². The van der Waals surface area contributed by atoms with Crippen LogP contribution in [-0.4, -0.2) is 37.1 Å². The molecule has 0 spiro atoms. The summed E-state index contributed by atoms with van der Waals surface area (Å²) in [5.74, 6) is 0.771. The molecule has 0 amide bonds. The highest BCUT2D eigenvalue weighted by molar-refractivity contribution is 4.91. The van der Waals surface area contributed by atoms with Crippen LogP contribution >= 0.6 is 0 Å². The molecule has 0 aromatic rings. The Kier molecular flexibility index (Phi) is 8.13. The molecule has 0 aromatic heterocycles. The van der Waals surface area contributed by atoms with Gasteiger partial charge in [0.2, 0.25) is 0 Å². The van der Waals surface area contributed by atoms with E-state index in [0.717, 1.165) is 18.5 Å². The average Bonchev–Trinajstić information content (AvgIpc) is 2.86. The van der Waals surface area contributed by atoms with Crippen molar-refractivity contribution >= 4 is 0 Å². The largest absolute Gasteiger partial charge is 0.316 e. The summed E-state index contributed by atoms with van der Waals surface area (Å²) in [5.41, 5.74) is 0.549. The van der Waals surface area contributed by atoms with Crippen LogP contribution in [-0.2, 0) is 0 Å². The third-order valence-electron chi connectivity index (χ3n) is 5.01. The molecule has 1 aliphatic carbocycles. The molecule has 0 saturated heterocycles. The Labute approximate surface area is 127 Å². The zero-order chi connectivity index (χ0) is 15.0. The molecule has 2 heteroatoms. The topological polar surface area (TPSA) is 15.3 Å². The molecular formula is C18H38N2. The minimum Gasteiger partial charge on any atom is -0.316 e. The first-order valence-corrected chi connectivity index (χ1v) is 9.01. The predicted molar refractivity (Wildman–Crippen MR) is 90.2 cm³/mol. The number of hydrogen-bond donors (Lipinski definition) is 1. The lowest BCUT2D eigenvalue weighted by molar-refractivity contribution is 0.0919. The molecule has 2 nitrogen and oxygen atoms in total. The van der Waals surface area contributed by atoms with Gasteiger partial charge in [0.15, 0.2) is 0 Å². The molecule has 1 aliphatic rings. The highest BCUT2D eigenvalue weighted by atomic mass is 15.2. The fourth-order valence-corrected chi connectivity index (χ4v) is 3.95. The zero-order valence-electron chi connectivity index (χ0n) is 14.7. The predicted octanol–water partition coefficient (Wildman–Crippen LogP) is 4.30. The van der Waals surface area contributed by atoms with Gasteiger partial charge in [-0.15, -0.1) is 0 Å². The number of hydrogen-bond acceptors (Lipinski definition) is 2. The van der Waals surface area contributed by atoms with E-state index in [1.54, 1.807) is 0 Å². The van der Waals surface area contributed by atoms with Gasteiger partial charge in [0.1, 0.15) is 0 Å². The van der Waals surface area contributed by atoms with Crippen LogP contribution in [0.1, 0.15) is 73.1 Å². The van der Waals surface area contributed by atoms with Gasteiger partial charge in [0.05, 0.1) is 0 Å². The van der Waals surface area contributed by atoms with Crippen LogP contribution in [0, 0.1) is 11.3 Å². The second kappa shape index (κ2) is 9.04. The zero-order valence-corrected chi connectivity index (χ0v) is 14.7. The van der Waals surface area contributed by atoms with E-state index in [9.17, 15) is 0 Å². The fraction of sp³-hybridized carbons (Fsp3) is 1.00. The van der Waals surface area contributed by atoms with Gasteiger partial charge in [-0.05, 0) is 43.6 Å². The first-order chi connectivity index (χ1) is 9.56. The van der Waals surface area contributed by atoms with Gasteiger partial charge in [-0.25, -0.2) is 0 Å². The third-order valence-corrected chi connectivity index (χ3v) is 5.01. The van der Waals surface area contributed by atoms with Crippen LogP contribution in [0.5, 0.6) is 0 Å². The van der Waals surface area contributed by atoms with Gasteiger partial charge in [-0.3, -0.25) is 4.90 Å². The van der Waals surface area contributed by atoms with Crippen LogP contribution in [0.4, 0.5) is 0 Å². The molecule has 1 fully saturated rings. The SMILES string of the molecule is CCNCC1(CN(CC(C)C)C(CC)CC)CCCC1. The molecule has 1 saturated carbocycles. The quantitative estimate of drug-likeness (QED) is 0.642. The Morgan fingerprint density at radius 2 is 1.65 bits per heavy atom. The molecule has 0 heterocycles. The Morgan fingerprint density at radius 3 is 2.10 bits per heavy atom. The summed E-state index contributed by atoms with van der Waals surface area (Å²) in [5, 5.41) is 3.64. The molecule has 0 aromatic carbocycles. The van der Waals surface area contributed by atoms with E-state index < -0.39 is 0 Å². The van der Waals surface area contributed by atoms with E-state index in [4.69, 9.17) is 0 Å². The van der Waals surface area contributed by atoms with Gasteiger partial charge >= 0.3 is 0 Å². The molecule has 1 rings (SSSR count). The highest BCUT2D eigenvalue weighted by Gasteiger charge is 2.36. The second-order valence-electron chi connectivity index (χ2n) is 7.28. The van der Waals surface area contributed by atoms with Crippen molar-refractivity contribution in [3.8, 4) is 0 Å². The van der Waals surface area contributed by atoms with Gasteiger partial charge < -0.3 is 5.32 Å². The van der Waals surface area contributed by atoms with Gasteiger partial charge in [0.25, 0.3) is 0 Å². The first kappa shape index (κ1) is 18.0. The molecule has 0 radical (unpaired) electrons. The van der Waals surface area contributed by atoms with E-state index in [2.05, 4.69) is 44.8 Å². The van der Waals surface area contributed by atoms with Crippen molar-refractivity contribution in [2.45, 2.75) is 79.2 Å². The van der Waals surface area contributed by atoms with Crippen LogP contribution in [0.15, 0.2) is 0 Å². The molecular weight excluding hydrogens is 244 g/mol. The summed E-state index contributed by atoms with van der Waals surface area (Å²) in [6.45, 7) is 16.6. The van der Waals surface area contributed by atoms with Crippen molar-refractivity contribution in [2.24, 2.45) is 11.3 Å². The first-order valence-electron chi connectivity index (χ1n) is 9.01. The summed E-state index contributed by atoms with van der Waals surface area (Å²) in [7, 11) is 0. The third kappa shape index (κ3) is 5.37. The summed E-state index contributed by atoms with van der Waals surface area (Å²) < 4.78 is 0. The van der Waals surface area contributed by atoms with Crippen molar-refractivity contribution in [1.29, 1.82) is 0 Å². The van der Waals surface area contributed by atoms with Gasteiger partial charge in [-0.2, -0.15) is 0 Å². The Bertz CT molecular complexity index is 240. The lowest BCUT2D eigenvalue weighted by Gasteiger charge is -2.40. The average molecular weight is 283 g/mol. The monoisotopic (exact) mass is 282 g/mol. The maximum absolute atomic E-state index is 3.64. The standard InChI is InChI=1S/C18H38N2/c1-6-17(7-2)20(13-16(4)5)15-18(14-19-8-3)11-9-10-12-18/h16-17,19H,6-15H2,1-5H3. The van der Waals surface area contributed by atoms with E-state index in [1.165, 1.54) is 58.2 Å². The van der Waals surface area contributed by atoms with Gasteiger partial charge in [-0.1, -0.05) is 47.5 Å². The Hall–Kier alpha value is -0.0800. The highest BCUT2D eigenvalue weighted by Crippen LogP contribution is 2.39. The van der Waals surface area contributed by atoms with E-state index in [-0.39, 0.29) is 0 Å². The molecule has 20 heavy (non-hydrogen) atoms. The van der Waals surface area contributed by atoms with Crippen LogP contribution in [0.3, 0.4) is 0 Å². The van der Waals surface area contributed by atoms with Crippen LogP contribution in [0.2, 0.25) is 0 Å². The molecule has 0 bridgehead atoms. The molecule has 0 atom stereocenters. The Balaban J connectivity index is 2.73. The van der Waals surface area contributed by atoms with Crippen LogP contribution in [0.25, 0.3) is 0 Å². The smallest absolute Gasteiger partial charge is 0.00903 e. The lowest BCUT2D eigenvalue weighted by Crippen LogP contribution is -2.47. The second-order valence-corrected chi connectivity index (χ2v) is 7.28. The molecule has 0 aliphatic heterocycles. The summed E-state index contributed by atoms with van der Waals surface area (Å²) in [6, 6.07) is 0.775. The summed E-state index contributed by atoms with van der Waals surface area (Å²) in [6.07, 6.45) is 8.30. The number of nitrogens with zero attached hydrogens (tertiary/aromatic N) is 1. The van der Waals surface area contributed by atoms with Crippen molar-refractivity contribution in [2.75, 3.05) is 26.2 Å². The van der Waals surface area contributed by atoms with Crippen molar-refractivity contribution in [3.05, 3.63) is 0 Å².